The van der Waals surface area contributed by atoms with Gasteiger partial charge in [-0.15, -0.1) is 0 Å². The molecule has 4 aromatic rings. The number of piperazine rings is 1. The Morgan fingerprint density at radius 2 is 1.80 bits per heavy atom. The lowest BCUT2D eigenvalue weighted by atomic mass is 10.1. The number of hydrogen-bond acceptors (Lipinski definition) is 7. The number of pyridine rings is 1. The fourth-order valence-electron chi connectivity index (χ4n) is 5.42. The molecule has 0 unspecified atom stereocenters. The van der Waals surface area contributed by atoms with E-state index in [1.807, 2.05) is 74.3 Å². The lowest BCUT2D eigenvalue weighted by Gasteiger charge is -2.35. The number of ether oxygens (including phenoxy) is 2. The van der Waals surface area contributed by atoms with E-state index in [-0.39, 0.29) is 5.91 Å². The molecular weight excluding hydrogens is 552 g/mol. The van der Waals surface area contributed by atoms with Gasteiger partial charge in [-0.1, -0.05) is 31.5 Å². The van der Waals surface area contributed by atoms with Crippen molar-refractivity contribution in [1.82, 2.24) is 24.3 Å². The first kappa shape index (κ1) is 30.8. The first-order chi connectivity index (χ1) is 21.4. The van der Waals surface area contributed by atoms with Crippen molar-refractivity contribution in [2.24, 2.45) is 0 Å². The molecule has 1 saturated heterocycles. The van der Waals surface area contributed by atoms with E-state index in [0.717, 1.165) is 60.8 Å². The molecule has 1 aliphatic heterocycles. The number of aromatic nitrogens is 3. The normalized spacial score (nSPS) is 13.5. The van der Waals surface area contributed by atoms with Crippen LogP contribution in [0.5, 0.6) is 17.2 Å². The lowest BCUT2D eigenvalue weighted by molar-refractivity contribution is 0.0621. The van der Waals surface area contributed by atoms with E-state index in [9.17, 15) is 10.1 Å². The predicted molar refractivity (Wildman–Crippen MR) is 169 cm³/mol. The molecule has 0 radical (unpaired) electrons. The van der Waals surface area contributed by atoms with Crippen LogP contribution in [-0.4, -0.2) is 63.0 Å². The van der Waals surface area contributed by atoms with Gasteiger partial charge in [0, 0.05) is 51.7 Å². The molecule has 5 rings (SSSR count). The van der Waals surface area contributed by atoms with Crippen LogP contribution in [0, 0.1) is 32.1 Å². The Labute approximate surface area is 259 Å². The number of hydrogen-bond donors (Lipinski definition) is 0. The molecular formula is C35H40N6O3. The van der Waals surface area contributed by atoms with Crippen molar-refractivity contribution in [2.45, 2.75) is 53.6 Å². The van der Waals surface area contributed by atoms with Gasteiger partial charge >= 0.3 is 0 Å². The minimum absolute atomic E-state index is 0.0288. The van der Waals surface area contributed by atoms with Gasteiger partial charge in [0.25, 0.3) is 5.91 Å². The van der Waals surface area contributed by atoms with Crippen molar-refractivity contribution in [2.75, 3.05) is 32.8 Å². The van der Waals surface area contributed by atoms with Crippen molar-refractivity contribution in [3.8, 4) is 23.3 Å². The SMILES string of the molecule is CCCCOc1c(C)cccc1C(=O)N1CCN(Cc2cnc(C)n2Cc2ccc(C#N)c(Oc3cccnc3C)c2)CC1. The second kappa shape index (κ2) is 14.2. The third-order valence-electron chi connectivity index (χ3n) is 8.05. The van der Waals surface area contributed by atoms with Gasteiger partial charge in [-0.25, -0.2) is 4.98 Å². The standard InChI is InChI=1S/C35H40N6O3/c1-5-6-19-43-34-25(2)9-7-10-31(34)35(42)40-17-15-39(16-18-40)24-30-22-38-27(4)41(30)23-28-12-13-29(21-36)33(20-28)44-32-11-8-14-37-26(32)3/h7-14,20,22H,5-6,15-19,23-24H2,1-4H3. The highest BCUT2D eigenvalue weighted by Crippen LogP contribution is 2.29. The number of nitriles is 1. The maximum absolute atomic E-state index is 13.5. The van der Waals surface area contributed by atoms with E-state index in [2.05, 4.69) is 32.4 Å². The molecule has 1 fully saturated rings. The fraction of sp³-hybridized carbons (Fsp3) is 0.371. The summed E-state index contributed by atoms with van der Waals surface area (Å²) in [7, 11) is 0. The van der Waals surface area contributed by atoms with Crippen LogP contribution in [-0.2, 0) is 13.1 Å². The molecule has 0 saturated carbocycles. The number of unbranched alkanes of at least 4 members (excludes halogenated alkanes) is 1. The Kier molecular flexibility index (Phi) is 9.93. The molecule has 0 atom stereocenters. The van der Waals surface area contributed by atoms with E-state index in [1.165, 1.54) is 0 Å². The van der Waals surface area contributed by atoms with E-state index >= 15 is 0 Å². The molecule has 9 nitrogen and oxygen atoms in total. The summed E-state index contributed by atoms with van der Waals surface area (Å²) in [5.41, 5.74) is 4.97. The number of rotatable bonds is 11. The topological polar surface area (TPSA) is 96.5 Å². The van der Waals surface area contributed by atoms with Crippen molar-refractivity contribution < 1.29 is 14.3 Å². The Bertz CT molecular complexity index is 1650. The highest BCUT2D eigenvalue weighted by molar-refractivity contribution is 5.97. The number of aryl methyl sites for hydroxylation is 3. The summed E-state index contributed by atoms with van der Waals surface area (Å²) < 4.78 is 14.4. The highest BCUT2D eigenvalue weighted by Gasteiger charge is 2.26. The van der Waals surface area contributed by atoms with Gasteiger partial charge in [0.2, 0.25) is 0 Å². The van der Waals surface area contributed by atoms with Crippen LogP contribution >= 0.6 is 0 Å². The summed E-state index contributed by atoms with van der Waals surface area (Å²) in [6.07, 6.45) is 5.65. The van der Waals surface area contributed by atoms with Crippen molar-refractivity contribution in [1.29, 1.82) is 5.26 Å². The van der Waals surface area contributed by atoms with Gasteiger partial charge in [-0.3, -0.25) is 14.7 Å². The monoisotopic (exact) mass is 592 g/mol. The summed E-state index contributed by atoms with van der Waals surface area (Å²) in [4.78, 5) is 26.7. The van der Waals surface area contributed by atoms with Crippen LogP contribution in [0.2, 0.25) is 0 Å². The Morgan fingerprint density at radius 1 is 0.977 bits per heavy atom. The number of imidazole rings is 1. The Hall–Kier alpha value is -4.68. The van der Waals surface area contributed by atoms with Crippen LogP contribution in [0.25, 0.3) is 0 Å². The largest absolute Gasteiger partial charge is 0.492 e. The Morgan fingerprint density at radius 3 is 2.55 bits per heavy atom. The Balaban J connectivity index is 1.24. The first-order valence-corrected chi connectivity index (χ1v) is 15.3. The summed E-state index contributed by atoms with van der Waals surface area (Å²) >= 11 is 0. The number of nitrogens with zero attached hydrogens (tertiary/aromatic N) is 6. The van der Waals surface area contributed by atoms with Crippen molar-refractivity contribution in [3.63, 3.8) is 0 Å². The summed E-state index contributed by atoms with van der Waals surface area (Å²) in [6, 6.07) is 17.4. The first-order valence-electron chi connectivity index (χ1n) is 15.3. The molecule has 0 spiro atoms. The number of amides is 1. The molecule has 44 heavy (non-hydrogen) atoms. The molecule has 1 amide bonds. The summed E-state index contributed by atoms with van der Waals surface area (Å²) in [6.45, 7) is 12.8. The van der Waals surface area contributed by atoms with Crippen molar-refractivity contribution in [3.05, 3.63) is 100 Å². The zero-order chi connectivity index (χ0) is 31.1. The molecule has 9 heteroatoms. The summed E-state index contributed by atoms with van der Waals surface area (Å²) in [5.74, 6) is 2.79. The molecule has 0 bridgehead atoms. The number of para-hydroxylation sites is 1. The minimum Gasteiger partial charge on any atom is -0.492 e. The van der Waals surface area contributed by atoms with Gasteiger partial charge in [-0.05, 0) is 68.7 Å². The van der Waals surface area contributed by atoms with E-state index < -0.39 is 0 Å². The van der Waals surface area contributed by atoms with Crippen LogP contribution in [0.4, 0.5) is 0 Å². The zero-order valence-electron chi connectivity index (χ0n) is 26.0. The maximum Gasteiger partial charge on any atom is 0.257 e. The second-order valence-electron chi connectivity index (χ2n) is 11.2. The quantitative estimate of drug-likeness (QED) is 0.196. The predicted octanol–water partition coefficient (Wildman–Crippen LogP) is 6.05. The number of benzene rings is 2. The van der Waals surface area contributed by atoms with Gasteiger partial charge in [0.15, 0.2) is 0 Å². The smallest absolute Gasteiger partial charge is 0.257 e. The van der Waals surface area contributed by atoms with Crippen LogP contribution in [0.3, 0.4) is 0 Å². The third-order valence-corrected chi connectivity index (χ3v) is 8.05. The van der Waals surface area contributed by atoms with Gasteiger partial charge in [0.1, 0.15) is 29.1 Å². The van der Waals surface area contributed by atoms with E-state index in [0.29, 0.717) is 54.6 Å². The number of carbonyl (C=O) groups is 1. The van der Waals surface area contributed by atoms with Crippen molar-refractivity contribution >= 4 is 5.91 Å². The molecule has 2 aromatic heterocycles. The average molecular weight is 593 g/mol. The molecule has 0 aliphatic carbocycles. The van der Waals surface area contributed by atoms with Gasteiger partial charge in [-0.2, -0.15) is 5.26 Å². The van der Waals surface area contributed by atoms with E-state index in [4.69, 9.17) is 9.47 Å². The number of carbonyl (C=O) groups excluding carboxylic acids is 1. The highest BCUT2D eigenvalue weighted by atomic mass is 16.5. The minimum atomic E-state index is 0.0288. The molecule has 1 aliphatic rings. The molecule has 0 N–H and O–H groups in total. The molecule has 3 heterocycles. The van der Waals surface area contributed by atoms with Crippen LogP contribution in [0.15, 0.2) is 60.9 Å². The zero-order valence-corrected chi connectivity index (χ0v) is 26.0. The fourth-order valence-corrected chi connectivity index (χ4v) is 5.42. The maximum atomic E-state index is 13.5. The average Bonchev–Trinajstić information content (AvgIpc) is 3.37. The van der Waals surface area contributed by atoms with Crippen LogP contribution < -0.4 is 9.47 Å². The molecule has 2 aromatic carbocycles. The lowest BCUT2D eigenvalue weighted by Crippen LogP contribution is -2.48. The van der Waals surface area contributed by atoms with Crippen LogP contribution in [0.1, 0.15) is 64.0 Å². The second-order valence-corrected chi connectivity index (χ2v) is 11.2. The summed E-state index contributed by atoms with van der Waals surface area (Å²) in [5, 5.41) is 9.67. The third kappa shape index (κ3) is 7.09. The molecule has 228 valence electrons. The van der Waals surface area contributed by atoms with Gasteiger partial charge < -0.3 is 18.9 Å². The van der Waals surface area contributed by atoms with Gasteiger partial charge in [0.05, 0.1) is 29.1 Å². The van der Waals surface area contributed by atoms with E-state index in [1.54, 1.807) is 12.3 Å².